The van der Waals surface area contributed by atoms with Crippen LogP contribution in [0.1, 0.15) is 27.1 Å². The maximum absolute atomic E-state index is 13.1. The number of sulfonamides is 1. The summed E-state index contributed by atoms with van der Waals surface area (Å²) in [7, 11) is -3.07. The minimum absolute atomic E-state index is 0.138. The Morgan fingerprint density at radius 3 is 1.94 bits per heavy atom. The number of ether oxygens (including phenoxy) is 1. The van der Waals surface area contributed by atoms with E-state index in [-0.39, 0.29) is 29.0 Å². The Morgan fingerprint density at radius 2 is 1.44 bits per heavy atom. The fourth-order valence-corrected chi connectivity index (χ4v) is 5.28. The molecule has 0 aromatic heterocycles. The van der Waals surface area contributed by atoms with Crippen LogP contribution in [0.5, 0.6) is 11.5 Å². The molecule has 1 unspecified atom stereocenters. The summed E-state index contributed by atoms with van der Waals surface area (Å²) < 4.78 is 32.7. The minimum atomic E-state index is -4.21. The van der Waals surface area contributed by atoms with Crippen LogP contribution in [0.2, 0.25) is 5.02 Å². The summed E-state index contributed by atoms with van der Waals surface area (Å²) in [6, 6.07) is 16.9. The lowest BCUT2D eigenvalue weighted by Gasteiger charge is -2.25. The van der Waals surface area contributed by atoms with E-state index in [2.05, 4.69) is 0 Å². The number of amides is 2. The maximum atomic E-state index is 13.1. The first-order valence-corrected chi connectivity index (χ1v) is 12.6. The maximum Gasteiger partial charge on any atom is 0.322 e. The number of hydrogen-bond acceptors (Lipinski definition) is 6. The van der Waals surface area contributed by atoms with Gasteiger partial charge in [-0.05, 0) is 67.1 Å². The van der Waals surface area contributed by atoms with Crippen LogP contribution in [-0.4, -0.2) is 60.1 Å². The van der Waals surface area contributed by atoms with Gasteiger partial charge < -0.3 is 9.84 Å². The number of carbonyl (C=O) groups excluding carboxylic acids is 2. The number of benzene rings is 3. The lowest BCUT2D eigenvalue weighted by atomic mass is 10.1. The van der Waals surface area contributed by atoms with Crippen molar-refractivity contribution in [2.75, 3.05) is 13.6 Å². The van der Waals surface area contributed by atoms with Gasteiger partial charge in [-0.15, -0.1) is 0 Å². The van der Waals surface area contributed by atoms with Gasteiger partial charge in [0.15, 0.2) is 0 Å². The molecule has 1 atom stereocenters. The van der Waals surface area contributed by atoms with E-state index < -0.39 is 33.8 Å². The monoisotopic (exact) mass is 528 g/mol. The molecule has 1 heterocycles. The SMILES string of the molecule is CN(C(CCN1C(=O)c2ccccc2C1=O)C(=O)O)S(=O)(=O)c1ccc(Oc2ccc(Cl)cc2)cc1. The largest absolute Gasteiger partial charge is 0.480 e. The highest BCUT2D eigenvalue weighted by molar-refractivity contribution is 7.89. The highest BCUT2D eigenvalue weighted by Crippen LogP contribution is 2.27. The molecular weight excluding hydrogens is 508 g/mol. The third-order valence-corrected chi connectivity index (χ3v) is 7.91. The molecule has 1 aliphatic rings. The number of halogens is 1. The fraction of sp³-hybridized carbons (Fsp3) is 0.160. The topological polar surface area (TPSA) is 121 Å². The highest BCUT2D eigenvalue weighted by Gasteiger charge is 2.38. The minimum Gasteiger partial charge on any atom is -0.480 e. The van der Waals surface area contributed by atoms with E-state index in [9.17, 15) is 27.9 Å². The van der Waals surface area contributed by atoms with Crippen molar-refractivity contribution in [1.82, 2.24) is 9.21 Å². The number of fused-ring (bicyclic) bond motifs is 1. The molecule has 9 nitrogen and oxygen atoms in total. The standard InChI is InChI=1S/C25H21ClN2O7S/c1-27(22(25(31)32)14-15-28-23(29)20-4-2-3-5-21(20)24(28)30)36(33,34)19-12-10-18(11-13-19)35-17-8-6-16(26)7-9-17/h2-13,22H,14-15H2,1H3,(H,31,32). The zero-order valence-corrected chi connectivity index (χ0v) is 20.6. The molecule has 3 aromatic rings. The van der Waals surface area contributed by atoms with E-state index in [0.29, 0.717) is 16.5 Å². The number of carbonyl (C=O) groups is 3. The summed E-state index contributed by atoms with van der Waals surface area (Å²) in [6.45, 7) is -0.253. The van der Waals surface area contributed by atoms with E-state index in [1.807, 2.05) is 0 Å². The lowest BCUT2D eigenvalue weighted by molar-refractivity contribution is -0.141. The smallest absolute Gasteiger partial charge is 0.322 e. The van der Waals surface area contributed by atoms with E-state index in [1.54, 1.807) is 36.4 Å². The molecule has 0 saturated heterocycles. The molecule has 0 bridgehead atoms. The normalized spacial score (nSPS) is 14.1. The average Bonchev–Trinajstić information content (AvgIpc) is 3.10. The number of rotatable bonds is 9. The van der Waals surface area contributed by atoms with Crippen LogP contribution in [-0.2, 0) is 14.8 Å². The first-order valence-electron chi connectivity index (χ1n) is 10.8. The molecule has 0 radical (unpaired) electrons. The van der Waals surface area contributed by atoms with Gasteiger partial charge in [0.1, 0.15) is 17.5 Å². The zero-order chi connectivity index (χ0) is 26.0. The number of imide groups is 1. The van der Waals surface area contributed by atoms with Crippen molar-refractivity contribution in [3.8, 4) is 11.5 Å². The van der Waals surface area contributed by atoms with Gasteiger partial charge in [-0.25, -0.2) is 8.42 Å². The Hall–Kier alpha value is -3.73. The molecule has 0 saturated carbocycles. The van der Waals surface area contributed by atoms with E-state index in [1.165, 1.54) is 36.4 Å². The van der Waals surface area contributed by atoms with Crippen LogP contribution in [0.25, 0.3) is 0 Å². The van der Waals surface area contributed by atoms with Crippen molar-refractivity contribution in [3.63, 3.8) is 0 Å². The molecule has 11 heteroatoms. The van der Waals surface area contributed by atoms with Crippen LogP contribution in [0.15, 0.2) is 77.7 Å². The van der Waals surface area contributed by atoms with Gasteiger partial charge in [0.2, 0.25) is 10.0 Å². The Labute approximate surface area is 212 Å². The fourth-order valence-electron chi connectivity index (χ4n) is 3.81. The number of carboxylic acids is 1. The van der Waals surface area contributed by atoms with Gasteiger partial charge in [-0.3, -0.25) is 19.3 Å². The molecule has 3 aromatic carbocycles. The first-order chi connectivity index (χ1) is 17.1. The summed E-state index contributed by atoms with van der Waals surface area (Å²) in [5.41, 5.74) is 0.465. The van der Waals surface area contributed by atoms with Crippen molar-refractivity contribution in [2.24, 2.45) is 0 Å². The third-order valence-electron chi connectivity index (χ3n) is 5.78. The molecule has 36 heavy (non-hydrogen) atoms. The molecule has 186 valence electrons. The van der Waals surface area contributed by atoms with Crippen molar-refractivity contribution >= 4 is 39.4 Å². The molecule has 0 aliphatic carbocycles. The van der Waals surface area contributed by atoms with Crippen molar-refractivity contribution in [2.45, 2.75) is 17.4 Å². The summed E-state index contributed by atoms with van der Waals surface area (Å²) in [4.78, 5) is 37.9. The molecule has 1 aliphatic heterocycles. The summed E-state index contributed by atoms with van der Waals surface area (Å²) >= 11 is 5.85. The lowest BCUT2D eigenvalue weighted by Crippen LogP contribution is -2.45. The van der Waals surface area contributed by atoms with Gasteiger partial charge in [-0.1, -0.05) is 23.7 Å². The van der Waals surface area contributed by atoms with Crippen LogP contribution >= 0.6 is 11.6 Å². The second-order valence-electron chi connectivity index (χ2n) is 8.00. The predicted molar refractivity (Wildman–Crippen MR) is 131 cm³/mol. The van der Waals surface area contributed by atoms with Crippen molar-refractivity contribution in [1.29, 1.82) is 0 Å². The van der Waals surface area contributed by atoms with Gasteiger partial charge in [0.25, 0.3) is 11.8 Å². The zero-order valence-electron chi connectivity index (χ0n) is 19.0. The van der Waals surface area contributed by atoms with Gasteiger partial charge in [0, 0.05) is 18.6 Å². The van der Waals surface area contributed by atoms with Gasteiger partial charge in [-0.2, -0.15) is 4.31 Å². The van der Waals surface area contributed by atoms with E-state index >= 15 is 0 Å². The summed E-state index contributed by atoms with van der Waals surface area (Å²) in [6.07, 6.45) is -0.283. The Bertz CT molecular complexity index is 1390. The predicted octanol–water partition coefficient (Wildman–Crippen LogP) is 3.89. The highest BCUT2D eigenvalue weighted by atomic mass is 35.5. The molecule has 0 fully saturated rings. The Morgan fingerprint density at radius 1 is 0.944 bits per heavy atom. The Kier molecular flexibility index (Phi) is 7.11. The van der Waals surface area contributed by atoms with Crippen molar-refractivity contribution in [3.05, 3.63) is 88.9 Å². The number of aliphatic carboxylic acids is 1. The molecule has 4 rings (SSSR count). The van der Waals surface area contributed by atoms with Crippen LogP contribution in [0, 0.1) is 0 Å². The molecule has 2 amide bonds. The van der Waals surface area contributed by atoms with E-state index in [0.717, 1.165) is 16.3 Å². The second-order valence-corrected chi connectivity index (χ2v) is 10.4. The van der Waals surface area contributed by atoms with Crippen LogP contribution in [0.4, 0.5) is 0 Å². The molecule has 0 spiro atoms. The quantitative estimate of drug-likeness (QED) is 0.418. The molecular formula is C25H21ClN2O7S. The Balaban J connectivity index is 1.47. The third kappa shape index (κ3) is 4.97. The number of nitrogens with zero attached hydrogens (tertiary/aromatic N) is 2. The van der Waals surface area contributed by atoms with Crippen LogP contribution in [0.3, 0.4) is 0 Å². The van der Waals surface area contributed by atoms with E-state index in [4.69, 9.17) is 16.3 Å². The van der Waals surface area contributed by atoms with Gasteiger partial charge >= 0.3 is 5.97 Å². The number of likely N-dealkylation sites (N-methyl/N-ethyl adjacent to an activating group) is 1. The molecule has 1 N–H and O–H groups in total. The summed E-state index contributed by atoms with van der Waals surface area (Å²) in [5, 5.41) is 10.3. The summed E-state index contributed by atoms with van der Waals surface area (Å²) in [5.74, 6) is -1.60. The van der Waals surface area contributed by atoms with Crippen LogP contribution < -0.4 is 4.74 Å². The first kappa shape index (κ1) is 25.4. The van der Waals surface area contributed by atoms with Gasteiger partial charge in [0.05, 0.1) is 16.0 Å². The number of carboxylic acid groups (broad SMARTS) is 1. The van der Waals surface area contributed by atoms with Crippen molar-refractivity contribution < 1.29 is 32.6 Å². The average molecular weight is 529 g/mol. The second kappa shape index (κ2) is 10.1. The number of hydrogen-bond donors (Lipinski definition) is 1.